The minimum absolute atomic E-state index is 1.09. The topological polar surface area (TPSA) is 0 Å². The number of unbranched alkanes of at least 4 members (excludes halogenated alkanes) is 6. The number of halogens is 3. The molecule has 0 bridgehead atoms. The van der Waals surface area contributed by atoms with E-state index in [1.165, 1.54) is 76.5 Å². The molecule has 0 atom stereocenters. The summed E-state index contributed by atoms with van der Waals surface area (Å²) in [6.07, 6.45) is 18.3. The molecule has 0 fully saturated rings. The van der Waals surface area contributed by atoms with Crippen LogP contribution in [0.3, 0.4) is 0 Å². The summed E-state index contributed by atoms with van der Waals surface area (Å²) in [6.45, 7) is 4.48. The largest absolute Gasteiger partial charge is 0.121 e. The Hall–Kier alpha value is 0.400. The second kappa shape index (κ2) is 15.3. The van der Waals surface area contributed by atoms with Crippen LogP contribution in [0, 0.1) is 12.3 Å². The molecular weight excluding hydrogens is 568 g/mol. The predicted molar refractivity (Wildman–Crippen MR) is 135 cm³/mol. The Morgan fingerprint density at radius 2 is 1.30 bits per heavy atom. The van der Waals surface area contributed by atoms with Crippen molar-refractivity contribution in [3.05, 3.63) is 39.5 Å². The highest BCUT2D eigenvalue weighted by Gasteiger charge is 2.05. The average molecular weight is 597 g/mol. The first-order valence-electron chi connectivity index (χ1n) is 9.70. The third kappa shape index (κ3) is 10.7. The van der Waals surface area contributed by atoms with Crippen LogP contribution in [0.15, 0.2) is 23.5 Å². The van der Waals surface area contributed by atoms with Gasteiger partial charge in [-0.15, -0.1) is 29.1 Å². The third-order valence-electron chi connectivity index (χ3n) is 4.24. The van der Waals surface area contributed by atoms with E-state index in [1.807, 2.05) is 0 Å². The second-order valence-corrected chi connectivity index (χ2v) is 12.7. The molecule has 2 rings (SSSR count). The highest BCUT2D eigenvalue weighted by molar-refractivity contribution is 9.12. The van der Waals surface area contributed by atoms with Gasteiger partial charge >= 0.3 is 0 Å². The number of hydrogen-bond acceptors (Lipinski definition) is 2. The molecule has 2 aromatic heterocycles. The van der Waals surface area contributed by atoms with Crippen LogP contribution < -0.4 is 0 Å². The minimum Gasteiger partial charge on any atom is -0.121 e. The predicted octanol–water partition coefficient (Wildman–Crippen LogP) is 10.0. The van der Waals surface area contributed by atoms with E-state index in [0.29, 0.717) is 0 Å². The van der Waals surface area contributed by atoms with E-state index in [1.54, 1.807) is 22.7 Å². The fraction of sp³-hybridized carbons (Fsp3) is 0.545. The van der Waals surface area contributed by atoms with Crippen molar-refractivity contribution in [2.75, 3.05) is 0 Å². The Morgan fingerprint density at radius 3 is 1.78 bits per heavy atom. The van der Waals surface area contributed by atoms with Gasteiger partial charge in [0, 0.05) is 0 Å². The van der Waals surface area contributed by atoms with Crippen molar-refractivity contribution in [2.24, 2.45) is 0 Å². The Balaban J connectivity index is 0.000000271. The van der Waals surface area contributed by atoms with Crippen molar-refractivity contribution in [1.82, 2.24) is 0 Å². The highest BCUT2D eigenvalue weighted by atomic mass is 79.9. The monoisotopic (exact) mass is 594 g/mol. The Morgan fingerprint density at radius 1 is 0.778 bits per heavy atom. The van der Waals surface area contributed by atoms with Gasteiger partial charge in [0.25, 0.3) is 0 Å². The van der Waals surface area contributed by atoms with E-state index in [2.05, 4.69) is 79.7 Å². The van der Waals surface area contributed by atoms with Crippen LogP contribution in [0.25, 0.3) is 0 Å². The normalized spacial score (nSPS) is 10.4. The average Bonchev–Trinajstić information content (AvgIpc) is 3.17. The van der Waals surface area contributed by atoms with Gasteiger partial charge in [-0.1, -0.05) is 58.3 Å². The molecule has 0 unspecified atom stereocenters. The van der Waals surface area contributed by atoms with Crippen molar-refractivity contribution in [3.8, 4) is 12.3 Å². The molecule has 27 heavy (non-hydrogen) atoms. The molecule has 0 amide bonds. The maximum atomic E-state index is 5.43. The molecular formula is C22H29Br3S2. The molecule has 5 heteroatoms. The van der Waals surface area contributed by atoms with Gasteiger partial charge in [-0.3, -0.25) is 0 Å². The summed E-state index contributed by atoms with van der Waals surface area (Å²) in [5.74, 6) is 2.75. The molecule has 2 heterocycles. The molecule has 0 spiro atoms. The Labute approximate surface area is 198 Å². The van der Waals surface area contributed by atoms with Gasteiger partial charge < -0.3 is 0 Å². The molecule has 0 radical (unpaired) electrons. The molecule has 0 aliphatic heterocycles. The smallest absolute Gasteiger partial charge is 0.0809 e. The molecule has 0 aromatic carbocycles. The van der Waals surface area contributed by atoms with Gasteiger partial charge in [0.2, 0.25) is 0 Å². The fourth-order valence-corrected chi connectivity index (χ4v) is 7.16. The summed E-state index contributed by atoms with van der Waals surface area (Å²) < 4.78 is 3.66. The summed E-state index contributed by atoms with van der Waals surface area (Å²) in [7, 11) is 0. The number of thiophene rings is 2. The standard InChI is InChI=1S/C12H15BrS.C10H14Br2S/c1-3-5-6-7-8-10-9-12(13)14-11(10)4-2;1-2-3-4-5-6-8-7-9(11)13-10(8)12/h2,9H,3,5-8H2,1H3;7H,2-6H2,1H3. The maximum Gasteiger partial charge on any atom is 0.0809 e. The second-order valence-electron chi connectivity index (χ2n) is 6.52. The van der Waals surface area contributed by atoms with E-state index >= 15 is 0 Å². The van der Waals surface area contributed by atoms with Gasteiger partial charge in [-0.05, 0) is 96.7 Å². The van der Waals surface area contributed by atoms with Crippen molar-refractivity contribution >= 4 is 70.5 Å². The van der Waals surface area contributed by atoms with Crippen LogP contribution in [0.2, 0.25) is 0 Å². The zero-order valence-corrected chi connectivity index (χ0v) is 22.6. The van der Waals surface area contributed by atoms with Crippen LogP contribution in [-0.4, -0.2) is 0 Å². The van der Waals surface area contributed by atoms with Crippen LogP contribution in [0.1, 0.15) is 81.2 Å². The first-order valence-corrected chi connectivity index (χ1v) is 13.7. The van der Waals surface area contributed by atoms with Gasteiger partial charge in [-0.2, -0.15) is 0 Å². The lowest BCUT2D eigenvalue weighted by Crippen LogP contribution is -1.85. The lowest BCUT2D eigenvalue weighted by Gasteiger charge is -1.98. The lowest BCUT2D eigenvalue weighted by atomic mass is 10.1. The first kappa shape index (κ1) is 25.4. The van der Waals surface area contributed by atoms with E-state index in [0.717, 1.165) is 15.1 Å². The zero-order valence-electron chi connectivity index (χ0n) is 16.3. The van der Waals surface area contributed by atoms with Crippen molar-refractivity contribution in [3.63, 3.8) is 0 Å². The van der Waals surface area contributed by atoms with Crippen molar-refractivity contribution < 1.29 is 0 Å². The van der Waals surface area contributed by atoms with Crippen LogP contribution >= 0.6 is 70.5 Å². The van der Waals surface area contributed by atoms with Crippen molar-refractivity contribution in [2.45, 2.75) is 78.1 Å². The molecule has 0 aliphatic carbocycles. The molecule has 2 aromatic rings. The molecule has 0 saturated carbocycles. The first-order chi connectivity index (χ1) is 13.0. The quantitative estimate of drug-likeness (QED) is 0.189. The Kier molecular flexibility index (Phi) is 14.4. The molecule has 0 saturated heterocycles. The van der Waals surface area contributed by atoms with E-state index in [9.17, 15) is 0 Å². The SMILES string of the molecule is C#Cc1sc(Br)cc1CCCCCC.CCCCCCc1cc(Br)sc1Br. The number of rotatable bonds is 10. The highest BCUT2D eigenvalue weighted by Crippen LogP contribution is 2.32. The van der Waals surface area contributed by atoms with Crippen LogP contribution in [0.5, 0.6) is 0 Å². The van der Waals surface area contributed by atoms with Gasteiger partial charge in [0.15, 0.2) is 0 Å². The number of terminal acetylenes is 1. The summed E-state index contributed by atoms with van der Waals surface area (Å²) in [5.41, 5.74) is 2.79. The lowest BCUT2D eigenvalue weighted by molar-refractivity contribution is 0.667. The maximum absolute atomic E-state index is 5.43. The third-order valence-corrected chi connectivity index (χ3v) is 8.31. The summed E-state index contributed by atoms with van der Waals surface area (Å²) in [5, 5.41) is 0. The zero-order chi connectivity index (χ0) is 20.1. The van der Waals surface area contributed by atoms with Crippen LogP contribution in [-0.2, 0) is 12.8 Å². The molecule has 0 nitrogen and oxygen atoms in total. The van der Waals surface area contributed by atoms with E-state index < -0.39 is 0 Å². The van der Waals surface area contributed by atoms with E-state index in [4.69, 9.17) is 6.42 Å². The minimum atomic E-state index is 1.09. The summed E-state index contributed by atoms with van der Waals surface area (Å²) >= 11 is 14.0. The van der Waals surface area contributed by atoms with Crippen molar-refractivity contribution in [1.29, 1.82) is 0 Å². The van der Waals surface area contributed by atoms with Crippen LogP contribution in [0.4, 0.5) is 0 Å². The fourth-order valence-electron chi connectivity index (χ4n) is 2.73. The van der Waals surface area contributed by atoms with E-state index in [-0.39, 0.29) is 0 Å². The summed E-state index contributed by atoms with van der Waals surface area (Å²) in [6, 6.07) is 4.38. The van der Waals surface area contributed by atoms with Gasteiger partial charge in [0.05, 0.1) is 16.2 Å². The Bertz CT molecular complexity index is 695. The molecule has 150 valence electrons. The van der Waals surface area contributed by atoms with Gasteiger partial charge in [0.1, 0.15) is 0 Å². The number of aryl methyl sites for hydroxylation is 2. The molecule has 0 aliphatic rings. The summed E-state index contributed by atoms with van der Waals surface area (Å²) in [4.78, 5) is 1.09. The van der Waals surface area contributed by atoms with Gasteiger partial charge in [-0.25, -0.2) is 0 Å². The molecule has 0 N–H and O–H groups in total. The number of hydrogen-bond donors (Lipinski definition) is 0.